The molecule has 0 saturated carbocycles. The molecule has 106 valence electrons. The molecule has 0 unspecified atom stereocenters. The van der Waals surface area contributed by atoms with Crippen LogP contribution < -0.4 is 4.74 Å². The Kier molecular flexibility index (Phi) is 5.00. The zero-order chi connectivity index (χ0) is 14.4. The third-order valence-corrected chi connectivity index (χ3v) is 3.27. The lowest BCUT2D eigenvalue weighted by atomic mass is 10.2. The fraction of sp³-hybridized carbons (Fsp3) is 0.308. The van der Waals surface area contributed by atoms with Gasteiger partial charge in [0, 0.05) is 5.75 Å². The Labute approximate surface area is 120 Å². The maximum absolute atomic E-state index is 11.4. The van der Waals surface area contributed by atoms with Gasteiger partial charge in [0.05, 0.1) is 13.7 Å². The number of hydrogen-bond donors (Lipinski definition) is 0. The molecule has 6 nitrogen and oxygen atoms in total. The Balaban J connectivity index is 1.91. The minimum atomic E-state index is -0.601. The number of thioether (sulfide) groups is 1. The van der Waals surface area contributed by atoms with E-state index < -0.39 is 5.97 Å². The van der Waals surface area contributed by atoms with Crippen molar-refractivity contribution in [2.45, 2.75) is 17.9 Å². The molecule has 0 bridgehead atoms. The molecule has 1 aromatic carbocycles. The number of nitrogens with zero attached hydrogens (tertiary/aromatic N) is 2. The Morgan fingerprint density at radius 1 is 1.30 bits per heavy atom. The van der Waals surface area contributed by atoms with Gasteiger partial charge in [-0.05, 0) is 24.6 Å². The molecule has 2 rings (SSSR count). The fourth-order valence-electron chi connectivity index (χ4n) is 1.41. The van der Waals surface area contributed by atoms with E-state index >= 15 is 0 Å². The molecule has 20 heavy (non-hydrogen) atoms. The number of benzene rings is 1. The third kappa shape index (κ3) is 3.74. The summed E-state index contributed by atoms with van der Waals surface area (Å²) in [6.07, 6.45) is 0. The van der Waals surface area contributed by atoms with Crippen LogP contribution in [0.2, 0.25) is 0 Å². The van der Waals surface area contributed by atoms with Gasteiger partial charge in [0.25, 0.3) is 5.22 Å². The molecule has 0 atom stereocenters. The van der Waals surface area contributed by atoms with Crippen molar-refractivity contribution in [1.29, 1.82) is 0 Å². The average Bonchev–Trinajstić information content (AvgIpc) is 2.95. The van der Waals surface area contributed by atoms with Gasteiger partial charge in [-0.25, -0.2) is 4.79 Å². The first-order valence-electron chi connectivity index (χ1n) is 5.99. The topological polar surface area (TPSA) is 74.5 Å². The van der Waals surface area contributed by atoms with Gasteiger partial charge >= 0.3 is 11.9 Å². The van der Waals surface area contributed by atoms with Crippen molar-refractivity contribution in [2.75, 3.05) is 13.7 Å². The molecular formula is C13H14N2O4S. The SMILES string of the molecule is CCOC(=O)c1nnc(SCc2ccc(OC)cc2)o1. The number of aromatic nitrogens is 2. The van der Waals surface area contributed by atoms with E-state index in [-0.39, 0.29) is 12.5 Å². The standard InChI is InChI=1S/C13H14N2O4S/c1-3-18-12(16)11-14-15-13(19-11)20-8-9-4-6-10(17-2)7-5-9/h4-7H,3,8H2,1-2H3. The fourth-order valence-corrected chi connectivity index (χ4v) is 2.13. The molecule has 1 heterocycles. The highest BCUT2D eigenvalue weighted by Crippen LogP contribution is 2.22. The van der Waals surface area contributed by atoms with Gasteiger partial charge in [0.2, 0.25) is 0 Å². The van der Waals surface area contributed by atoms with Crippen molar-refractivity contribution < 1.29 is 18.7 Å². The van der Waals surface area contributed by atoms with Gasteiger partial charge < -0.3 is 13.9 Å². The lowest BCUT2D eigenvalue weighted by molar-refractivity contribution is 0.0475. The molecule has 1 aromatic heterocycles. The van der Waals surface area contributed by atoms with Gasteiger partial charge in [-0.2, -0.15) is 0 Å². The summed E-state index contributed by atoms with van der Waals surface area (Å²) in [5.74, 6) is 0.746. The van der Waals surface area contributed by atoms with Crippen LogP contribution in [-0.2, 0) is 10.5 Å². The number of carbonyl (C=O) groups is 1. The molecule has 7 heteroatoms. The lowest BCUT2D eigenvalue weighted by Gasteiger charge is -2.01. The van der Waals surface area contributed by atoms with Crippen LogP contribution in [0.15, 0.2) is 33.9 Å². The summed E-state index contributed by atoms with van der Waals surface area (Å²) in [6.45, 7) is 1.99. The van der Waals surface area contributed by atoms with Crippen molar-refractivity contribution in [2.24, 2.45) is 0 Å². The second kappa shape index (κ2) is 6.95. The number of rotatable bonds is 6. The van der Waals surface area contributed by atoms with Crippen LogP contribution in [0.5, 0.6) is 5.75 Å². The normalized spacial score (nSPS) is 10.3. The van der Waals surface area contributed by atoms with Crippen LogP contribution in [0.4, 0.5) is 0 Å². The van der Waals surface area contributed by atoms with Crippen molar-refractivity contribution >= 4 is 17.7 Å². The molecule has 0 aliphatic carbocycles. The van der Waals surface area contributed by atoms with Crippen LogP contribution in [0.25, 0.3) is 0 Å². The van der Waals surface area contributed by atoms with Gasteiger partial charge in [0.15, 0.2) is 0 Å². The summed E-state index contributed by atoms with van der Waals surface area (Å²) in [5.41, 5.74) is 1.09. The molecule has 0 fully saturated rings. The van der Waals surface area contributed by atoms with Crippen LogP contribution >= 0.6 is 11.8 Å². The van der Waals surface area contributed by atoms with Crippen molar-refractivity contribution in [3.05, 3.63) is 35.7 Å². The van der Waals surface area contributed by atoms with E-state index in [1.54, 1.807) is 14.0 Å². The quantitative estimate of drug-likeness (QED) is 0.598. The summed E-state index contributed by atoms with van der Waals surface area (Å²) in [4.78, 5) is 11.4. The van der Waals surface area contributed by atoms with E-state index in [2.05, 4.69) is 10.2 Å². The summed E-state index contributed by atoms with van der Waals surface area (Å²) < 4.78 is 15.1. The zero-order valence-electron chi connectivity index (χ0n) is 11.2. The molecule has 0 N–H and O–H groups in total. The number of ether oxygens (including phenoxy) is 2. The smallest absolute Gasteiger partial charge is 0.396 e. The first-order valence-corrected chi connectivity index (χ1v) is 6.98. The largest absolute Gasteiger partial charge is 0.497 e. The predicted octanol–water partition coefficient (Wildman–Crippen LogP) is 2.55. The first kappa shape index (κ1) is 14.4. The van der Waals surface area contributed by atoms with Gasteiger partial charge in [-0.3, -0.25) is 0 Å². The number of carbonyl (C=O) groups excluding carboxylic acids is 1. The molecule has 2 aromatic rings. The highest BCUT2D eigenvalue weighted by molar-refractivity contribution is 7.98. The minimum absolute atomic E-state index is 0.121. The predicted molar refractivity (Wildman–Crippen MR) is 72.8 cm³/mol. The van der Waals surface area contributed by atoms with Gasteiger partial charge in [-0.15, -0.1) is 5.10 Å². The molecule has 0 radical (unpaired) electrons. The van der Waals surface area contributed by atoms with Gasteiger partial charge in [-0.1, -0.05) is 29.0 Å². The van der Waals surface area contributed by atoms with Crippen LogP contribution in [0, 0.1) is 0 Å². The molecule has 0 aliphatic rings. The van der Waals surface area contributed by atoms with Crippen molar-refractivity contribution in [3.8, 4) is 5.75 Å². The van der Waals surface area contributed by atoms with Crippen molar-refractivity contribution in [1.82, 2.24) is 10.2 Å². The molecular weight excluding hydrogens is 280 g/mol. The summed E-state index contributed by atoms with van der Waals surface area (Å²) in [7, 11) is 1.62. The minimum Gasteiger partial charge on any atom is -0.497 e. The van der Waals surface area contributed by atoms with Gasteiger partial charge in [0.1, 0.15) is 5.75 Å². The molecule has 0 amide bonds. The number of methoxy groups -OCH3 is 1. The Morgan fingerprint density at radius 3 is 2.70 bits per heavy atom. The lowest BCUT2D eigenvalue weighted by Crippen LogP contribution is -2.04. The average molecular weight is 294 g/mol. The monoisotopic (exact) mass is 294 g/mol. The van der Waals surface area contributed by atoms with E-state index in [1.807, 2.05) is 24.3 Å². The summed E-state index contributed by atoms with van der Waals surface area (Å²) in [5, 5.41) is 7.77. The van der Waals surface area contributed by atoms with E-state index in [4.69, 9.17) is 13.9 Å². The summed E-state index contributed by atoms with van der Waals surface area (Å²) in [6, 6.07) is 7.67. The second-order valence-electron chi connectivity index (χ2n) is 3.73. The third-order valence-electron chi connectivity index (χ3n) is 2.38. The highest BCUT2D eigenvalue weighted by Gasteiger charge is 2.15. The highest BCUT2D eigenvalue weighted by atomic mass is 32.2. The van der Waals surface area contributed by atoms with Crippen molar-refractivity contribution in [3.63, 3.8) is 0 Å². The van der Waals surface area contributed by atoms with Crippen LogP contribution in [0.1, 0.15) is 23.2 Å². The Hall–Kier alpha value is -2.02. The molecule has 0 spiro atoms. The summed E-state index contributed by atoms with van der Waals surface area (Å²) >= 11 is 1.35. The molecule has 0 aliphatic heterocycles. The maximum atomic E-state index is 11.4. The maximum Gasteiger partial charge on any atom is 0.396 e. The number of hydrogen-bond acceptors (Lipinski definition) is 7. The van der Waals surface area contributed by atoms with Crippen LogP contribution in [0.3, 0.4) is 0 Å². The molecule has 0 saturated heterocycles. The zero-order valence-corrected chi connectivity index (χ0v) is 12.0. The van der Waals surface area contributed by atoms with E-state index in [0.717, 1.165) is 11.3 Å². The van der Waals surface area contributed by atoms with E-state index in [9.17, 15) is 4.79 Å². The second-order valence-corrected chi connectivity index (χ2v) is 4.66. The van der Waals surface area contributed by atoms with E-state index in [1.165, 1.54) is 11.8 Å². The first-order chi connectivity index (χ1) is 9.72. The Morgan fingerprint density at radius 2 is 2.05 bits per heavy atom. The van der Waals surface area contributed by atoms with E-state index in [0.29, 0.717) is 11.0 Å². The number of esters is 1. The van der Waals surface area contributed by atoms with Crippen LogP contribution in [-0.4, -0.2) is 29.9 Å². The Bertz CT molecular complexity index is 568.